The van der Waals surface area contributed by atoms with Crippen LogP contribution in [0.3, 0.4) is 0 Å². The maximum absolute atomic E-state index is 6.22. The first-order valence-electron chi connectivity index (χ1n) is 7.11. The summed E-state index contributed by atoms with van der Waals surface area (Å²) in [6, 6.07) is 0. The van der Waals surface area contributed by atoms with Crippen LogP contribution in [0.5, 0.6) is 0 Å². The van der Waals surface area contributed by atoms with Gasteiger partial charge in [0.2, 0.25) is 18.1 Å². The van der Waals surface area contributed by atoms with Gasteiger partial charge in [0, 0.05) is 12.4 Å². The van der Waals surface area contributed by atoms with Gasteiger partial charge in [0.25, 0.3) is 0 Å². The Balaban J connectivity index is 1.69. The topological polar surface area (TPSA) is 105 Å². The average Bonchev–Trinajstić information content (AvgIpc) is 3.14. The van der Waals surface area contributed by atoms with Crippen LogP contribution in [0.4, 0.5) is 0 Å². The fourth-order valence-corrected chi connectivity index (χ4v) is 2.17. The molecule has 1 aromatic rings. The first kappa shape index (κ1) is 14.5. The van der Waals surface area contributed by atoms with E-state index in [1.807, 2.05) is 37.2 Å². The Morgan fingerprint density at radius 1 is 1.45 bits per heavy atom. The van der Waals surface area contributed by atoms with E-state index in [0.29, 0.717) is 24.6 Å². The lowest BCUT2D eigenvalue weighted by molar-refractivity contribution is 0.279. The molecular formula is C14H19N7O. The zero-order valence-corrected chi connectivity index (χ0v) is 12.6. The Kier molecular flexibility index (Phi) is 3.76. The molecule has 0 saturated carbocycles. The molecule has 0 amide bonds. The average molecular weight is 301 g/mol. The van der Waals surface area contributed by atoms with Gasteiger partial charge in [0.05, 0.1) is 12.0 Å². The molecule has 0 aromatic carbocycles. The largest absolute Gasteiger partial charge is 0.423 e. The molecule has 1 aromatic heterocycles. The van der Waals surface area contributed by atoms with Crippen molar-refractivity contribution < 1.29 is 4.42 Å². The fourth-order valence-electron chi connectivity index (χ4n) is 2.17. The number of hydrogen-bond acceptors (Lipinski definition) is 8. The van der Waals surface area contributed by atoms with E-state index in [1.54, 1.807) is 12.6 Å². The molecular weight excluding hydrogens is 282 g/mol. The third-order valence-corrected chi connectivity index (χ3v) is 3.43. The van der Waals surface area contributed by atoms with Gasteiger partial charge in [-0.1, -0.05) is 12.2 Å². The summed E-state index contributed by atoms with van der Waals surface area (Å²) in [5, 5.41) is 9.96. The van der Waals surface area contributed by atoms with Gasteiger partial charge in [-0.2, -0.15) is 0 Å². The standard InChI is InChI=1S/C14H19N7O/c1-3-4-5-14(2,15)12-20-19-11(22-12)6-10-7-16-13-17-9-18-21(13)8-10/h3-4,7-9,13H,5-6,15H2,1-2H3,(H,17,18)/b4-3+/t13?,14-/m1/s1. The Bertz CT molecular complexity index is 656. The zero-order chi connectivity index (χ0) is 15.6. The summed E-state index contributed by atoms with van der Waals surface area (Å²) in [5.41, 5.74) is 9.49. The second-order valence-corrected chi connectivity index (χ2v) is 5.51. The summed E-state index contributed by atoms with van der Waals surface area (Å²) in [6.07, 6.45) is 10.2. The Morgan fingerprint density at radius 2 is 2.32 bits per heavy atom. The SMILES string of the molecule is C/C=C/C[C@@](C)(N)c1nnc(CC2=CN3NC=NC3N=C2)o1. The second kappa shape index (κ2) is 5.72. The maximum atomic E-state index is 6.22. The summed E-state index contributed by atoms with van der Waals surface area (Å²) < 4.78 is 5.71. The molecule has 0 fully saturated rings. The van der Waals surface area contributed by atoms with E-state index in [4.69, 9.17) is 10.2 Å². The van der Waals surface area contributed by atoms with Crippen LogP contribution in [0, 0.1) is 0 Å². The van der Waals surface area contributed by atoms with Crippen LogP contribution in [0.25, 0.3) is 0 Å². The van der Waals surface area contributed by atoms with Gasteiger partial charge in [0.1, 0.15) is 6.34 Å². The van der Waals surface area contributed by atoms with Gasteiger partial charge in [0.15, 0.2) is 0 Å². The number of allylic oxidation sites excluding steroid dienone is 2. The molecule has 3 heterocycles. The number of rotatable bonds is 5. The molecule has 0 saturated heterocycles. The van der Waals surface area contributed by atoms with Crippen LogP contribution in [0.15, 0.2) is 38.3 Å². The van der Waals surface area contributed by atoms with Crippen molar-refractivity contribution in [3.63, 3.8) is 0 Å². The molecule has 2 aliphatic heterocycles. The second-order valence-electron chi connectivity index (χ2n) is 5.51. The molecule has 1 unspecified atom stereocenters. The van der Waals surface area contributed by atoms with Crippen LogP contribution in [0.1, 0.15) is 32.0 Å². The molecule has 2 aliphatic rings. The summed E-state index contributed by atoms with van der Waals surface area (Å²) in [7, 11) is 0. The number of nitrogens with two attached hydrogens (primary N) is 1. The molecule has 0 bridgehead atoms. The van der Waals surface area contributed by atoms with Crippen LogP contribution >= 0.6 is 0 Å². The summed E-state index contributed by atoms with van der Waals surface area (Å²) in [6.45, 7) is 3.83. The van der Waals surface area contributed by atoms with Crippen LogP contribution < -0.4 is 11.2 Å². The Hall–Kier alpha value is -2.48. The number of hydrazine groups is 1. The van der Waals surface area contributed by atoms with Gasteiger partial charge in [-0.15, -0.1) is 10.2 Å². The van der Waals surface area contributed by atoms with Crippen LogP contribution in [-0.2, 0) is 12.0 Å². The molecule has 8 nitrogen and oxygen atoms in total. The first-order valence-corrected chi connectivity index (χ1v) is 7.11. The van der Waals surface area contributed by atoms with E-state index >= 15 is 0 Å². The van der Waals surface area contributed by atoms with E-state index < -0.39 is 5.54 Å². The summed E-state index contributed by atoms with van der Waals surface area (Å²) >= 11 is 0. The third-order valence-electron chi connectivity index (χ3n) is 3.43. The highest BCUT2D eigenvalue weighted by molar-refractivity contribution is 5.80. The van der Waals surface area contributed by atoms with Crippen molar-refractivity contribution in [1.29, 1.82) is 0 Å². The summed E-state index contributed by atoms with van der Waals surface area (Å²) in [4.78, 5) is 8.45. The minimum absolute atomic E-state index is 0.213. The molecule has 116 valence electrons. The van der Waals surface area contributed by atoms with E-state index in [9.17, 15) is 0 Å². The number of aromatic nitrogens is 2. The van der Waals surface area contributed by atoms with E-state index in [-0.39, 0.29) is 6.29 Å². The van der Waals surface area contributed by atoms with Gasteiger partial charge < -0.3 is 10.2 Å². The van der Waals surface area contributed by atoms with Crippen molar-refractivity contribution in [2.45, 2.75) is 38.5 Å². The number of nitrogens with one attached hydrogen (secondary N) is 1. The number of aliphatic imine (C=N–C) groups is 2. The van der Waals surface area contributed by atoms with Gasteiger partial charge in [-0.3, -0.25) is 5.43 Å². The monoisotopic (exact) mass is 301 g/mol. The lowest BCUT2D eigenvalue weighted by atomic mass is 9.99. The lowest BCUT2D eigenvalue weighted by Crippen LogP contribution is -2.35. The smallest absolute Gasteiger partial charge is 0.236 e. The maximum Gasteiger partial charge on any atom is 0.236 e. The molecule has 0 radical (unpaired) electrons. The van der Waals surface area contributed by atoms with Crippen LogP contribution in [-0.4, -0.2) is 34.0 Å². The minimum atomic E-state index is -0.664. The van der Waals surface area contributed by atoms with Crippen molar-refractivity contribution >= 4 is 12.6 Å². The highest BCUT2D eigenvalue weighted by atomic mass is 16.4. The van der Waals surface area contributed by atoms with Crippen molar-refractivity contribution in [1.82, 2.24) is 20.6 Å². The van der Waals surface area contributed by atoms with Crippen molar-refractivity contribution in [2.75, 3.05) is 0 Å². The molecule has 0 aliphatic carbocycles. The molecule has 8 heteroatoms. The Morgan fingerprint density at radius 3 is 3.14 bits per heavy atom. The molecule has 3 N–H and O–H groups in total. The van der Waals surface area contributed by atoms with Gasteiger partial charge in [-0.05, 0) is 25.8 Å². The fraction of sp³-hybridized carbons (Fsp3) is 0.429. The predicted molar refractivity (Wildman–Crippen MR) is 82.8 cm³/mol. The molecule has 22 heavy (non-hydrogen) atoms. The molecule has 3 rings (SSSR count). The van der Waals surface area contributed by atoms with E-state index in [2.05, 4.69) is 25.6 Å². The minimum Gasteiger partial charge on any atom is -0.423 e. The van der Waals surface area contributed by atoms with Gasteiger partial charge in [-0.25, -0.2) is 15.0 Å². The predicted octanol–water partition coefficient (Wildman–Crippen LogP) is 0.853. The molecule has 0 spiro atoms. The normalized spacial score (nSPS) is 22.6. The van der Waals surface area contributed by atoms with E-state index in [1.165, 1.54) is 0 Å². The quantitative estimate of drug-likeness (QED) is 0.781. The summed E-state index contributed by atoms with van der Waals surface area (Å²) in [5.74, 6) is 0.956. The number of hydrogen-bond donors (Lipinski definition) is 2. The molecule has 2 atom stereocenters. The lowest BCUT2D eigenvalue weighted by Gasteiger charge is -2.21. The zero-order valence-electron chi connectivity index (χ0n) is 12.6. The van der Waals surface area contributed by atoms with Crippen molar-refractivity contribution in [3.8, 4) is 0 Å². The Labute approximate surface area is 128 Å². The number of fused-ring (bicyclic) bond motifs is 1. The van der Waals surface area contributed by atoms with Crippen molar-refractivity contribution in [3.05, 3.63) is 35.7 Å². The highest BCUT2D eigenvalue weighted by Crippen LogP contribution is 2.22. The van der Waals surface area contributed by atoms with Crippen LogP contribution in [0.2, 0.25) is 0 Å². The van der Waals surface area contributed by atoms with Crippen molar-refractivity contribution in [2.24, 2.45) is 15.7 Å². The van der Waals surface area contributed by atoms with Gasteiger partial charge >= 0.3 is 0 Å². The van der Waals surface area contributed by atoms with E-state index in [0.717, 1.165) is 5.57 Å². The third kappa shape index (κ3) is 2.91. The highest BCUT2D eigenvalue weighted by Gasteiger charge is 2.27. The first-order chi connectivity index (χ1) is 10.6. The number of nitrogens with zero attached hydrogens (tertiary/aromatic N) is 5.